The summed E-state index contributed by atoms with van der Waals surface area (Å²) in [5.74, 6) is 0.794. The Balaban J connectivity index is 1.58. The largest absolute Gasteiger partial charge is 0.345 e. The van der Waals surface area contributed by atoms with Gasteiger partial charge in [-0.05, 0) is 57.6 Å². The van der Waals surface area contributed by atoms with Crippen molar-refractivity contribution >= 4 is 23.3 Å². The summed E-state index contributed by atoms with van der Waals surface area (Å²) in [5.41, 5.74) is 1.56. The third kappa shape index (κ3) is 4.94. The summed E-state index contributed by atoms with van der Waals surface area (Å²) >= 11 is 5.95. The van der Waals surface area contributed by atoms with Gasteiger partial charge >= 0.3 is 11.7 Å². The standard InChI is InChI=1S/C19H27ClN6O2/c1-13-12-14(20)4-6-16(13)22-18(27)21-15-5-7-17-23-26(11-10-24(2)3)19(28)25(17)9-8-15/h4,6,12,15H,5,7-11H2,1-3H3,(H2,21,22,27). The number of anilines is 1. The zero-order valence-electron chi connectivity index (χ0n) is 16.5. The highest BCUT2D eigenvalue weighted by Gasteiger charge is 2.22. The van der Waals surface area contributed by atoms with E-state index in [-0.39, 0.29) is 17.8 Å². The predicted molar refractivity (Wildman–Crippen MR) is 110 cm³/mol. The minimum atomic E-state index is -0.252. The number of nitrogens with one attached hydrogen (secondary N) is 2. The van der Waals surface area contributed by atoms with Crippen LogP contribution in [0, 0.1) is 6.92 Å². The smallest absolute Gasteiger partial charge is 0.335 e. The molecule has 0 aliphatic carbocycles. The van der Waals surface area contributed by atoms with Crippen molar-refractivity contribution in [2.24, 2.45) is 0 Å². The first kappa shape index (κ1) is 20.4. The molecule has 9 heteroatoms. The summed E-state index contributed by atoms with van der Waals surface area (Å²) in [7, 11) is 3.94. The Morgan fingerprint density at radius 3 is 2.86 bits per heavy atom. The van der Waals surface area contributed by atoms with E-state index in [2.05, 4.69) is 15.7 Å². The Bertz CT molecular complexity index is 904. The second kappa shape index (κ2) is 8.79. The molecule has 2 heterocycles. The number of halogens is 1. The van der Waals surface area contributed by atoms with E-state index in [1.165, 1.54) is 0 Å². The highest BCUT2D eigenvalue weighted by molar-refractivity contribution is 6.30. The van der Waals surface area contributed by atoms with Gasteiger partial charge < -0.3 is 15.5 Å². The number of carbonyl (C=O) groups is 1. The quantitative estimate of drug-likeness (QED) is 0.796. The molecule has 0 bridgehead atoms. The lowest BCUT2D eigenvalue weighted by Crippen LogP contribution is -2.38. The summed E-state index contributed by atoms with van der Waals surface area (Å²) in [6, 6.07) is 5.08. The molecule has 2 aromatic rings. The van der Waals surface area contributed by atoms with Crippen molar-refractivity contribution < 1.29 is 4.79 Å². The van der Waals surface area contributed by atoms with E-state index in [0.29, 0.717) is 31.0 Å². The molecule has 0 saturated carbocycles. The van der Waals surface area contributed by atoms with E-state index in [1.807, 2.05) is 32.0 Å². The van der Waals surface area contributed by atoms with Crippen molar-refractivity contribution in [3.05, 3.63) is 45.1 Å². The third-order valence-corrected chi connectivity index (χ3v) is 5.18. The van der Waals surface area contributed by atoms with Gasteiger partial charge in [-0.15, -0.1) is 0 Å². The topological polar surface area (TPSA) is 84.2 Å². The van der Waals surface area contributed by atoms with Gasteiger partial charge in [-0.2, -0.15) is 5.10 Å². The van der Waals surface area contributed by atoms with Gasteiger partial charge in [0.1, 0.15) is 5.82 Å². The highest BCUT2D eigenvalue weighted by Crippen LogP contribution is 2.19. The number of urea groups is 1. The Morgan fingerprint density at radius 2 is 2.14 bits per heavy atom. The molecular formula is C19H27ClN6O2. The number of hydrogen-bond donors (Lipinski definition) is 2. The van der Waals surface area contributed by atoms with Crippen LogP contribution in [0.15, 0.2) is 23.0 Å². The monoisotopic (exact) mass is 406 g/mol. The van der Waals surface area contributed by atoms with Crippen molar-refractivity contribution in [1.82, 2.24) is 24.6 Å². The van der Waals surface area contributed by atoms with E-state index in [0.717, 1.165) is 30.0 Å². The number of likely N-dealkylation sites (N-methyl/N-ethyl adjacent to an activating group) is 1. The van der Waals surface area contributed by atoms with Gasteiger partial charge in [0.2, 0.25) is 0 Å². The van der Waals surface area contributed by atoms with Crippen LogP contribution in [0.4, 0.5) is 10.5 Å². The number of nitrogens with zero attached hydrogens (tertiary/aromatic N) is 4. The normalized spacial score (nSPS) is 16.5. The van der Waals surface area contributed by atoms with Crippen molar-refractivity contribution in [1.29, 1.82) is 0 Å². The Morgan fingerprint density at radius 1 is 1.36 bits per heavy atom. The maximum Gasteiger partial charge on any atom is 0.345 e. The van der Waals surface area contributed by atoms with Crippen molar-refractivity contribution in [2.75, 3.05) is 26.0 Å². The number of aryl methyl sites for hydroxylation is 2. The SMILES string of the molecule is Cc1cc(Cl)ccc1NC(=O)NC1CCc2nn(CCN(C)C)c(=O)n2CC1. The van der Waals surface area contributed by atoms with Crippen LogP contribution >= 0.6 is 11.6 Å². The number of carbonyl (C=O) groups excluding carboxylic acids is 1. The molecule has 1 aliphatic heterocycles. The predicted octanol–water partition coefficient (Wildman–Crippen LogP) is 2.09. The average Bonchev–Trinajstić information content (AvgIpc) is 2.79. The zero-order valence-corrected chi connectivity index (χ0v) is 17.3. The summed E-state index contributed by atoms with van der Waals surface area (Å²) in [4.78, 5) is 26.9. The van der Waals surface area contributed by atoms with Gasteiger partial charge in [0.15, 0.2) is 0 Å². The van der Waals surface area contributed by atoms with Gasteiger partial charge in [-0.3, -0.25) is 4.57 Å². The van der Waals surface area contributed by atoms with Crippen LogP contribution in [0.25, 0.3) is 0 Å². The van der Waals surface area contributed by atoms with E-state index in [1.54, 1.807) is 21.4 Å². The number of rotatable bonds is 5. The van der Waals surface area contributed by atoms with Gasteiger partial charge in [0.05, 0.1) is 6.54 Å². The summed E-state index contributed by atoms with van der Waals surface area (Å²) in [6.07, 6.45) is 2.10. The van der Waals surface area contributed by atoms with Gasteiger partial charge in [0, 0.05) is 36.3 Å². The molecule has 1 aliphatic rings. The van der Waals surface area contributed by atoms with Crippen LogP contribution in [-0.4, -0.2) is 52.0 Å². The fourth-order valence-electron chi connectivity index (χ4n) is 3.32. The molecule has 8 nitrogen and oxygen atoms in total. The zero-order chi connectivity index (χ0) is 20.3. The molecule has 1 atom stereocenters. The Labute approximate surface area is 169 Å². The molecule has 1 unspecified atom stereocenters. The third-order valence-electron chi connectivity index (χ3n) is 4.95. The minimum absolute atomic E-state index is 0.0102. The highest BCUT2D eigenvalue weighted by atomic mass is 35.5. The van der Waals surface area contributed by atoms with Crippen LogP contribution in [0.1, 0.15) is 24.2 Å². The van der Waals surface area contributed by atoms with Crippen LogP contribution in [0.5, 0.6) is 0 Å². The second-order valence-corrected chi connectivity index (χ2v) is 7.90. The number of benzene rings is 1. The molecule has 1 aromatic heterocycles. The summed E-state index contributed by atoms with van der Waals surface area (Å²) < 4.78 is 3.28. The lowest BCUT2D eigenvalue weighted by molar-refractivity contribution is 0.247. The Kier molecular flexibility index (Phi) is 6.41. The van der Waals surface area contributed by atoms with Crippen LogP contribution in [0.3, 0.4) is 0 Å². The Hall–Kier alpha value is -2.32. The van der Waals surface area contributed by atoms with Crippen LogP contribution < -0.4 is 16.3 Å². The maximum absolute atomic E-state index is 12.5. The van der Waals surface area contributed by atoms with Gasteiger partial charge in [-0.25, -0.2) is 14.3 Å². The fourth-order valence-corrected chi connectivity index (χ4v) is 3.55. The molecule has 0 radical (unpaired) electrons. The number of aromatic nitrogens is 3. The maximum atomic E-state index is 12.5. The van der Waals surface area contributed by atoms with E-state index in [4.69, 9.17) is 11.6 Å². The summed E-state index contributed by atoms with van der Waals surface area (Å²) in [5, 5.41) is 11.0. The lowest BCUT2D eigenvalue weighted by atomic mass is 10.1. The number of fused-ring (bicyclic) bond motifs is 1. The van der Waals surface area contributed by atoms with Crippen LogP contribution in [0.2, 0.25) is 5.02 Å². The van der Waals surface area contributed by atoms with Crippen molar-refractivity contribution in [2.45, 2.75) is 45.3 Å². The van der Waals surface area contributed by atoms with Gasteiger partial charge in [-0.1, -0.05) is 11.6 Å². The molecule has 28 heavy (non-hydrogen) atoms. The number of hydrogen-bond acceptors (Lipinski definition) is 4. The molecule has 2 N–H and O–H groups in total. The molecule has 2 amide bonds. The first-order valence-electron chi connectivity index (χ1n) is 9.48. The molecule has 152 valence electrons. The second-order valence-electron chi connectivity index (χ2n) is 7.46. The van der Waals surface area contributed by atoms with Crippen molar-refractivity contribution in [3.63, 3.8) is 0 Å². The molecule has 0 saturated heterocycles. The van der Waals surface area contributed by atoms with E-state index >= 15 is 0 Å². The van der Waals surface area contributed by atoms with E-state index < -0.39 is 0 Å². The molecule has 1 aromatic carbocycles. The van der Waals surface area contributed by atoms with Crippen LogP contribution in [-0.2, 0) is 19.5 Å². The average molecular weight is 407 g/mol. The first-order chi connectivity index (χ1) is 13.3. The first-order valence-corrected chi connectivity index (χ1v) is 9.86. The fraction of sp³-hybridized carbons (Fsp3) is 0.526. The van der Waals surface area contributed by atoms with E-state index in [9.17, 15) is 9.59 Å². The molecular weight excluding hydrogens is 380 g/mol. The summed E-state index contributed by atoms with van der Waals surface area (Å²) in [6.45, 7) is 3.80. The minimum Gasteiger partial charge on any atom is -0.335 e. The molecule has 3 rings (SSSR count). The number of amides is 2. The molecule has 0 fully saturated rings. The van der Waals surface area contributed by atoms with Crippen molar-refractivity contribution in [3.8, 4) is 0 Å². The lowest BCUT2D eigenvalue weighted by Gasteiger charge is -2.17. The van der Waals surface area contributed by atoms with Gasteiger partial charge in [0.25, 0.3) is 0 Å². The molecule has 0 spiro atoms.